The predicted octanol–water partition coefficient (Wildman–Crippen LogP) is 2.24. The quantitative estimate of drug-likeness (QED) is 0.649. The zero-order valence-corrected chi connectivity index (χ0v) is 18.5. The molecule has 164 valence electrons. The fourth-order valence-electron chi connectivity index (χ4n) is 3.88. The summed E-state index contributed by atoms with van der Waals surface area (Å²) in [6.07, 6.45) is 3.88. The van der Waals surface area contributed by atoms with Crippen molar-refractivity contribution in [3.05, 3.63) is 53.1 Å². The van der Waals surface area contributed by atoms with E-state index in [1.165, 1.54) is 24.3 Å². The molecule has 3 heterocycles. The number of rotatable bonds is 5. The zero-order valence-electron chi connectivity index (χ0n) is 17.7. The van der Waals surface area contributed by atoms with Gasteiger partial charge in [0.05, 0.1) is 11.4 Å². The van der Waals surface area contributed by atoms with Crippen molar-refractivity contribution in [1.82, 2.24) is 29.2 Å². The summed E-state index contributed by atoms with van der Waals surface area (Å²) < 4.78 is 29.1. The molecule has 0 radical (unpaired) electrons. The van der Waals surface area contributed by atoms with E-state index in [4.69, 9.17) is 0 Å². The third-order valence-corrected chi connectivity index (χ3v) is 7.40. The summed E-state index contributed by atoms with van der Waals surface area (Å²) in [6, 6.07) is 8.00. The van der Waals surface area contributed by atoms with Gasteiger partial charge >= 0.3 is 0 Å². The summed E-state index contributed by atoms with van der Waals surface area (Å²) >= 11 is 0. The SMILES string of the molecule is Cc1cc(C)n2c(CNC(=O)c3ccc(S(=O)(=O)N4CCCCCC4)cc3)nnc2n1. The van der Waals surface area contributed by atoms with Crippen LogP contribution < -0.4 is 5.32 Å². The van der Waals surface area contributed by atoms with E-state index in [1.807, 2.05) is 19.9 Å². The Balaban J connectivity index is 1.45. The van der Waals surface area contributed by atoms with E-state index in [0.29, 0.717) is 30.3 Å². The second-order valence-corrected chi connectivity index (χ2v) is 9.75. The molecule has 1 N–H and O–H groups in total. The van der Waals surface area contributed by atoms with Gasteiger partial charge in [-0.3, -0.25) is 9.20 Å². The molecule has 1 amide bonds. The van der Waals surface area contributed by atoms with Crippen LogP contribution in [0.15, 0.2) is 35.2 Å². The largest absolute Gasteiger partial charge is 0.345 e. The van der Waals surface area contributed by atoms with E-state index >= 15 is 0 Å². The lowest BCUT2D eigenvalue weighted by atomic mass is 10.2. The van der Waals surface area contributed by atoms with Crippen LogP contribution in [0, 0.1) is 13.8 Å². The van der Waals surface area contributed by atoms with Crippen LogP contribution in [0.2, 0.25) is 0 Å². The van der Waals surface area contributed by atoms with Crippen LogP contribution in [-0.4, -0.2) is 51.3 Å². The van der Waals surface area contributed by atoms with Crippen LogP contribution in [0.3, 0.4) is 0 Å². The van der Waals surface area contributed by atoms with E-state index in [-0.39, 0.29) is 17.3 Å². The van der Waals surface area contributed by atoms with E-state index in [9.17, 15) is 13.2 Å². The Kier molecular flexibility index (Phi) is 6.01. The van der Waals surface area contributed by atoms with Crippen molar-refractivity contribution in [2.24, 2.45) is 0 Å². The minimum Gasteiger partial charge on any atom is -0.345 e. The summed E-state index contributed by atoms with van der Waals surface area (Å²) in [5.41, 5.74) is 2.16. The highest BCUT2D eigenvalue weighted by molar-refractivity contribution is 7.89. The number of sulfonamides is 1. The number of aryl methyl sites for hydroxylation is 2. The molecule has 4 rings (SSSR count). The van der Waals surface area contributed by atoms with Crippen molar-refractivity contribution in [1.29, 1.82) is 0 Å². The smallest absolute Gasteiger partial charge is 0.255 e. The number of fused-ring (bicyclic) bond motifs is 1. The lowest BCUT2D eigenvalue weighted by Crippen LogP contribution is -2.32. The molecule has 2 aromatic heterocycles. The van der Waals surface area contributed by atoms with Crippen molar-refractivity contribution < 1.29 is 13.2 Å². The zero-order chi connectivity index (χ0) is 22.0. The first kappa shape index (κ1) is 21.4. The molecule has 1 aliphatic heterocycles. The molecule has 0 spiro atoms. The molecule has 1 aliphatic rings. The summed E-state index contributed by atoms with van der Waals surface area (Å²) in [4.78, 5) is 17.1. The average molecular weight is 443 g/mol. The number of benzene rings is 1. The summed E-state index contributed by atoms with van der Waals surface area (Å²) in [5.74, 6) is 0.756. The fraction of sp³-hybridized carbons (Fsp3) is 0.429. The minimum absolute atomic E-state index is 0.180. The van der Waals surface area contributed by atoms with Crippen LogP contribution in [0.25, 0.3) is 5.78 Å². The molecule has 31 heavy (non-hydrogen) atoms. The van der Waals surface area contributed by atoms with Gasteiger partial charge in [-0.1, -0.05) is 12.8 Å². The third-order valence-electron chi connectivity index (χ3n) is 5.49. The van der Waals surface area contributed by atoms with Crippen molar-refractivity contribution in [3.8, 4) is 0 Å². The van der Waals surface area contributed by atoms with E-state index in [2.05, 4.69) is 20.5 Å². The Morgan fingerprint density at radius 2 is 1.71 bits per heavy atom. The molecule has 1 saturated heterocycles. The number of amides is 1. The van der Waals surface area contributed by atoms with Crippen molar-refractivity contribution in [2.45, 2.75) is 51.0 Å². The average Bonchev–Trinajstić information content (AvgIpc) is 2.96. The summed E-state index contributed by atoms with van der Waals surface area (Å²) in [7, 11) is -3.54. The molecule has 10 heteroatoms. The Labute approximate surface area is 181 Å². The van der Waals surface area contributed by atoms with Crippen molar-refractivity contribution in [2.75, 3.05) is 13.1 Å². The van der Waals surface area contributed by atoms with Crippen LogP contribution in [-0.2, 0) is 16.6 Å². The van der Waals surface area contributed by atoms with Gasteiger partial charge in [0.2, 0.25) is 10.0 Å². The molecule has 0 bridgehead atoms. The monoisotopic (exact) mass is 442 g/mol. The van der Waals surface area contributed by atoms with E-state index < -0.39 is 10.0 Å². The van der Waals surface area contributed by atoms with Crippen molar-refractivity contribution >= 4 is 21.7 Å². The lowest BCUT2D eigenvalue weighted by molar-refractivity contribution is 0.0949. The number of aromatic nitrogens is 4. The number of hydrogen-bond acceptors (Lipinski definition) is 6. The summed E-state index contributed by atoms with van der Waals surface area (Å²) in [6.45, 7) is 5.09. The highest BCUT2D eigenvalue weighted by Crippen LogP contribution is 2.20. The second kappa shape index (κ2) is 8.72. The molecular formula is C21H26N6O3S. The normalized spacial score (nSPS) is 15.7. The third kappa shape index (κ3) is 4.45. The van der Waals surface area contributed by atoms with Gasteiger partial charge in [-0.05, 0) is 57.0 Å². The minimum atomic E-state index is -3.54. The standard InChI is InChI=1S/C21H26N6O3S/c1-15-13-16(2)27-19(24-25-21(27)23-15)14-22-20(28)17-7-9-18(10-8-17)31(29,30)26-11-5-3-4-6-12-26/h7-10,13H,3-6,11-12,14H2,1-2H3,(H,22,28). The van der Waals surface area contributed by atoms with Crippen molar-refractivity contribution in [3.63, 3.8) is 0 Å². The number of nitrogens with one attached hydrogen (secondary N) is 1. The highest BCUT2D eigenvalue weighted by atomic mass is 32.2. The topological polar surface area (TPSA) is 110 Å². The summed E-state index contributed by atoms with van der Waals surface area (Å²) in [5, 5.41) is 11.0. The fourth-order valence-corrected chi connectivity index (χ4v) is 5.40. The van der Waals surface area contributed by atoms with Crippen LogP contribution >= 0.6 is 0 Å². The molecule has 1 aromatic carbocycles. The predicted molar refractivity (Wildman–Crippen MR) is 115 cm³/mol. The van der Waals surface area contributed by atoms with Gasteiger partial charge in [-0.25, -0.2) is 13.4 Å². The first-order valence-corrected chi connectivity index (χ1v) is 11.9. The molecule has 0 aliphatic carbocycles. The Hall–Kier alpha value is -2.85. The molecule has 0 saturated carbocycles. The van der Waals surface area contributed by atoms with E-state index in [0.717, 1.165) is 37.1 Å². The van der Waals surface area contributed by atoms with Crippen LogP contribution in [0.4, 0.5) is 0 Å². The molecule has 3 aromatic rings. The van der Waals surface area contributed by atoms with Gasteiger partial charge in [0.25, 0.3) is 11.7 Å². The Morgan fingerprint density at radius 3 is 2.39 bits per heavy atom. The Bertz CT molecular complexity index is 1200. The number of carbonyl (C=O) groups excluding carboxylic acids is 1. The molecule has 0 unspecified atom stereocenters. The first-order valence-electron chi connectivity index (χ1n) is 10.4. The number of nitrogens with zero attached hydrogens (tertiary/aromatic N) is 5. The maximum atomic E-state index is 12.9. The van der Waals surface area contributed by atoms with Gasteiger partial charge in [0.1, 0.15) is 0 Å². The van der Waals surface area contributed by atoms with Gasteiger partial charge in [-0.2, -0.15) is 4.31 Å². The van der Waals surface area contributed by atoms with Crippen LogP contribution in [0.5, 0.6) is 0 Å². The van der Waals surface area contributed by atoms with Crippen LogP contribution in [0.1, 0.15) is 53.3 Å². The van der Waals surface area contributed by atoms with Gasteiger partial charge in [0, 0.05) is 30.0 Å². The van der Waals surface area contributed by atoms with Gasteiger partial charge < -0.3 is 5.32 Å². The molecule has 0 atom stereocenters. The highest BCUT2D eigenvalue weighted by Gasteiger charge is 2.25. The maximum absolute atomic E-state index is 12.9. The second-order valence-electron chi connectivity index (χ2n) is 7.82. The number of carbonyl (C=O) groups is 1. The first-order chi connectivity index (χ1) is 14.9. The molecular weight excluding hydrogens is 416 g/mol. The van der Waals surface area contributed by atoms with E-state index in [1.54, 1.807) is 8.71 Å². The maximum Gasteiger partial charge on any atom is 0.255 e. The molecule has 9 nitrogen and oxygen atoms in total. The number of hydrogen-bond donors (Lipinski definition) is 1. The molecule has 1 fully saturated rings. The van der Waals surface area contributed by atoms with Gasteiger partial charge in [0.15, 0.2) is 5.82 Å². The lowest BCUT2D eigenvalue weighted by Gasteiger charge is -2.20. The Morgan fingerprint density at radius 1 is 1.03 bits per heavy atom. The van der Waals surface area contributed by atoms with Gasteiger partial charge in [-0.15, -0.1) is 10.2 Å².